The number of aromatic nitrogens is 2. The lowest BCUT2D eigenvalue weighted by Crippen LogP contribution is -2.15. The molecule has 1 aromatic carbocycles. The molecule has 0 bridgehead atoms. The van der Waals surface area contributed by atoms with Crippen LogP contribution in [0.5, 0.6) is 0 Å². The van der Waals surface area contributed by atoms with Crippen LogP contribution in [-0.2, 0) is 16.0 Å². The number of hydrogen-bond donors (Lipinski definition) is 1. The molecule has 1 N–H and O–H groups in total. The van der Waals surface area contributed by atoms with E-state index in [2.05, 4.69) is 10.2 Å². The van der Waals surface area contributed by atoms with Crippen molar-refractivity contribution >= 4 is 16.7 Å². The lowest BCUT2D eigenvalue weighted by Gasteiger charge is -2.05. The fraction of sp³-hybridized carbons (Fsp3) is 0.308. The SMILES string of the molecule is CCCOC(=O)Cc1n[nH]c(=O)c2ccccc12. The molecule has 1 aromatic heterocycles. The first-order chi connectivity index (χ1) is 8.72. The summed E-state index contributed by atoms with van der Waals surface area (Å²) in [6, 6.07) is 7.07. The molecule has 5 heteroatoms. The third-order valence-electron chi connectivity index (χ3n) is 2.55. The van der Waals surface area contributed by atoms with Gasteiger partial charge in [-0.15, -0.1) is 0 Å². The minimum atomic E-state index is -0.332. The van der Waals surface area contributed by atoms with Crippen molar-refractivity contribution in [3.63, 3.8) is 0 Å². The Morgan fingerprint density at radius 1 is 1.33 bits per heavy atom. The van der Waals surface area contributed by atoms with Gasteiger partial charge in [-0.3, -0.25) is 9.59 Å². The van der Waals surface area contributed by atoms with Gasteiger partial charge in [-0.1, -0.05) is 25.1 Å². The highest BCUT2D eigenvalue weighted by Crippen LogP contribution is 2.13. The molecule has 0 amide bonds. The first-order valence-corrected chi connectivity index (χ1v) is 5.84. The monoisotopic (exact) mass is 246 g/mol. The Bertz CT molecular complexity index is 619. The van der Waals surface area contributed by atoms with Gasteiger partial charge in [0.1, 0.15) is 0 Å². The second-order valence-corrected chi connectivity index (χ2v) is 3.94. The summed E-state index contributed by atoms with van der Waals surface area (Å²) < 4.78 is 5.00. The van der Waals surface area contributed by atoms with Crippen LogP contribution in [0.2, 0.25) is 0 Å². The largest absolute Gasteiger partial charge is 0.465 e. The Balaban J connectivity index is 2.32. The van der Waals surface area contributed by atoms with Crippen molar-refractivity contribution in [2.24, 2.45) is 0 Å². The van der Waals surface area contributed by atoms with Gasteiger partial charge in [0.2, 0.25) is 0 Å². The molecule has 5 nitrogen and oxygen atoms in total. The molecule has 0 saturated heterocycles. The minimum absolute atomic E-state index is 0.0668. The molecule has 0 spiro atoms. The highest BCUT2D eigenvalue weighted by Gasteiger charge is 2.11. The number of nitrogens with one attached hydrogen (secondary N) is 1. The maximum absolute atomic E-state index is 11.6. The van der Waals surface area contributed by atoms with E-state index in [1.807, 2.05) is 13.0 Å². The Kier molecular flexibility index (Phi) is 3.72. The summed E-state index contributed by atoms with van der Waals surface area (Å²) in [5.41, 5.74) is 0.280. The first-order valence-electron chi connectivity index (χ1n) is 5.84. The van der Waals surface area contributed by atoms with Gasteiger partial charge in [0, 0.05) is 5.39 Å². The zero-order valence-corrected chi connectivity index (χ0v) is 10.1. The van der Waals surface area contributed by atoms with Gasteiger partial charge in [0.15, 0.2) is 0 Å². The summed E-state index contributed by atoms with van der Waals surface area (Å²) >= 11 is 0. The number of carbonyl (C=O) groups excluding carboxylic acids is 1. The normalized spacial score (nSPS) is 10.5. The van der Waals surface area contributed by atoms with Crippen LogP contribution in [-0.4, -0.2) is 22.8 Å². The number of carbonyl (C=O) groups is 1. The number of H-pyrrole nitrogens is 1. The van der Waals surface area contributed by atoms with E-state index in [1.165, 1.54) is 0 Å². The van der Waals surface area contributed by atoms with Crippen molar-refractivity contribution < 1.29 is 9.53 Å². The standard InChI is InChI=1S/C13H14N2O3/c1-2-7-18-12(16)8-11-9-5-3-4-6-10(9)13(17)15-14-11/h3-6H,2,7-8H2,1H3,(H,15,17). The zero-order valence-electron chi connectivity index (χ0n) is 10.1. The van der Waals surface area contributed by atoms with Gasteiger partial charge in [0.25, 0.3) is 5.56 Å². The summed E-state index contributed by atoms with van der Waals surface area (Å²) in [4.78, 5) is 23.1. The second-order valence-electron chi connectivity index (χ2n) is 3.94. The van der Waals surface area contributed by atoms with Crippen LogP contribution in [0.1, 0.15) is 19.0 Å². The topological polar surface area (TPSA) is 72.0 Å². The minimum Gasteiger partial charge on any atom is -0.465 e. The fourth-order valence-corrected chi connectivity index (χ4v) is 1.71. The third kappa shape index (κ3) is 2.56. The molecular weight excluding hydrogens is 232 g/mol. The van der Waals surface area contributed by atoms with Crippen molar-refractivity contribution in [3.05, 3.63) is 40.3 Å². The van der Waals surface area contributed by atoms with Gasteiger partial charge >= 0.3 is 5.97 Å². The van der Waals surface area contributed by atoms with E-state index in [0.717, 1.165) is 6.42 Å². The molecular formula is C13H14N2O3. The molecule has 0 unspecified atom stereocenters. The summed E-state index contributed by atoms with van der Waals surface area (Å²) in [5.74, 6) is -0.332. The molecule has 0 atom stereocenters. The van der Waals surface area contributed by atoms with E-state index >= 15 is 0 Å². The second kappa shape index (κ2) is 5.44. The van der Waals surface area contributed by atoms with Gasteiger partial charge in [-0.2, -0.15) is 5.10 Å². The smallest absolute Gasteiger partial charge is 0.311 e. The summed E-state index contributed by atoms with van der Waals surface area (Å²) in [7, 11) is 0. The lowest BCUT2D eigenvalue weighted by atomic mass is 10.1. The first kappa shape index (κ1) is 12.3. The van der Waals surface area contributed by atoms with Crippen molar-refractivity contribution in [1.29, 1.82) is 0 Å². The Hall–Kier alpha value is -2.17. The van der Waals surface area contributed by atoms with Crippen LogP contribution in [0.25, 0.3) is 10.8 Å². The quantitative estimate of drug-likeness (QED) is 0.828. The number of rotatable bonds is 4. The van der Waals surface area contributed by atoms with E-state index in [1.54, 1.807) is 18.2 Å². The Morgan fingerprint density at radius 2 is 2.06 bits per heavy atom. The fourth-order valence-electron chi connectivity index (χ4n) is 1.71. The average molecular weight is 246 g/mol. The van der Waals surface area contributed by atoms with Crippen LogP contribution in [0.3, 0.4) is 0 Å². The molecule has 0 saturated carbocycles. The third-order valence-corrected chi connectivity index (χ3v) is 2.55. The van der Waals surface area contributed by atoms with Crippen LogP contribution in [0, 0.1) is 0 Å². The van der Waals surface area contributed by atoms with Crippen LogP contribution in [0.15, 0.2) is 29.1 Å². The van der Waals surface area contributed by atoms with Crippen LogP contribution in [0.4, 0.5) is 0 Å². The average Bonchev–Trinajstić information content (AvgIpc) is 2.40. The zero-order chi connectivity index (χ0) is 13.0. The summed E-state index contributed by atoms with van der Waals surface area (Å²) in [5, 5.41) is 7.53. The molecule has 0 aliphatic rings. The van der Waals surface area contributed by atoms with Crippen molar-refractivity contribution in [3.8, 4) is 0 Å². The predicted molar refractivity (Wildman–Crippen MR) is 67.3 cm³/mol. The summed E-state index contributed by atoms with van der Waals surface area (Å²) in [6.45, 7) is 2.33. The number of nitrogens with zero attached hydrogens (tertiary/aromatic N) is 1. The lowest BCUT2D eigenvalue weighted by molar-refractivity contribution is -0.142. The van der Waals surface area contributed by atoms with Crippen molar-refractivity contribution in [1.82, 2.24) is 10.2 Å². The Labute approximate surface area is 104 Å². The molecule has 2 aromatic rings. The maximum Gasteiger partial charge on any atom is 0.311 e. The number of benzene rings is 1. The summed E-state index contributed by atoms with van der Waals surface area (Å²) in [6.07, 6.45) is 0.850. The van der Waals surface area contributed by atoms with E-state index in [0.29, 0.717) is 23.1 Å². The predicted octanol–water partition coefficient (Wildman–Crippen LogP) is 1.42. The van der Waals surface area contributed by atoms with Gasteiger partial charge < -0.3 is 4.74 Å². The molecule has 0 aliphatic carbocycles. The molecule has 2 rings (SSSR count). The molecule has 0 radical (unpaired) electrons. The van der Waals surface area contributed by atoms with E-state index in [4.69, 9.17) is 4.74 Å². The van der Waals surface area contributed by atoms with E-state index in [9.17, 15) is 9.59 Å². The van der Waals surface area contributed by atoms with E-state index < -0.39 is 0 Å². The number of ether oxygens (including phenoxy) is 1. The highest BCUT2D eigenvalue weighted by molar-refractivity contribution is 5.86. The van der Waals surface area contributed by atoms with E-state index in [-0.39, 0.29) is 17.9 Å². The van der Waals surface area contributed by atoms with Gasteiger partial charge in [0.05, 0.1) is 24.1 Å². The number of hydrogen-bond acceptors (Lipinski definition) is 4. The van der Waals surface area contributed by atoms with Gasteiger partial charge in [-0.25, -0.2) is 5.10 Å². The number of fused-ring (bicyclic) bond motifs is 1. The van der Waals surface area contributed by atoms with Crippen molar-refractivity contribution in [2.75, 3.05) is 6.61 Å². The highest BCUT2D eigenvalue weighted by atomic mass is 16.5. The Morgan fingerprint density at radius 3 is 2.78 bits per heavy atom. The number of aromatic amines is 1. The molecule has 18 heavy (non-hydrogen) atoms. The van der Waals surface area contributed by atoms with Crippen LogP contribution >= 0.6 is 0 Å². The maximum atomic E-state index is 11.6. The van der Waals surface area contributed by atoms with Crippen molar-refractivity contribution in [2.45, 2.75) is 19.8 Å². The molecule has 1 heterocycles. The number of esters is 1. The van der Waals surface area contributed by atoms with Crippen LogP contribution < -0.4 is 5.56 Å². The molecule has 0 aliphatic heterocycles. The molecule has 0 fully saturated rings. The van der Waals surface area contributed by atoms with Gasteiger partial charge in [-0.05, 0) is 12.5 Å². The molecule has 94 valence electrons.